The van der Waals surface area contributed by atoms with Gasteiger partial charge in [0.1, 0.15) is 5.60 Å². The van der Waals surface area contributed by atoms with Gasteiger partial charge in [-0.25, -0.2) is 4.79 Å². The van der Waals surface area contributed by atoms with Gasteiger partial charge in [0, 0.05) is 19.6 Å². The molecule has 1 fully saturated rings. The summed E-state index contributed by atoms with van der Waals surface area (Å²) in [6.45, 7) is 8.68. The minimum Gasteiger partial charge on any atom is -0.444 e. The molecule has 1 unspecified atom stereocenters. The van der Waals surface area contributed by atoms with Gasteiger partial charge in [-0.05, 0) is 46.6 Å². The number of alkyl carbamates (subject to hydrolysis) is 1. The van der Waals surface area contributed by atoms with Gasteiger partial charge in [0.2, 0.25) is 5.91 Å². The molecule has 0 spiro atoms. The first-order valence-electron chi connectivity index (χ1n) is 8.34. The number of rotatable bonds is 8. The van der Waals surface area contributed by atoms with Crippen LogP contribution >= 0.6 is 0 Å². The Kier molecular flexibility index (Phi) is 8.24. The lowest BCUT2D eigenvalue weighted by atomic mass is 10.1. The highest BCUT2D eigenvalue weighted by atomic mass is 16.6. The predicted molar refractivity (Wildman–Crippen MR) is 86.7 cm³/mol. The Hall–Kier alpha value is -1.30. The first-order valence-corrected chi connectivity index (χ1v) is 8.34. The van der Waals surface area contributed by atoms with Crippen molar-refractivity contribution in [3.8, 4) is 0 Å². The summed E-state index contributed by atoms with van der Waals surface area (Å²) < 4.78 is 5.16. The molecule has 0 saturated carbocycles. The van der Waals surface area contributed by atoms with Crippen LogP contribution in [0.2, 0.25) is 0 Å². The molecule has 1 atom stereocenters. The van der Waals surface area contributed by atoms with Gasteiger partial charge in [0.15, 0.2) is 0 Å². The minimum absolute atomic E-state index is 0.151. The summed E-state index contributed by atoms with van der Waals surface area (Å²) in [7, 11) is 0. The lowest BCUT2D eigenvalue weighted by Gasteiger charge is -2.19. The number of amides is 2. The van der Waals surface area contributed by atoms with Gasteiger partial charge in [-0.2, -0.15) is 0 Å². The molecular weight excluding hydrogens is 282 g/mol. The van der Waals surface area contributed by atoms with E-state index < -0.39 is 5.60 Å². The van der Waals surface area contributed by atoms with Gasteiger partial charge in [-0.3, -0.25) is 4.79 Å². The summed E-state index contributed by atoms with van der Waals surface area (Å²) in [5.41, 5.74) is -0.447. The van der Waals surface area contributed by atoms with Gasteiger partial charge >= 0.3 is 6.09 Å². The third-order valence-corrected chi connectivity index (χ3v) is 3.50. The van der Waals surface area contributed by atoms with Crippen LogP contribution in [0.5, 0.6) is 0 Å². The van der Waals surface area contributed by atoms with Crippen molar-refractivity contribution in [3.63, 3.8) is 0 Å². The van der Waals surface area contributed by atoms with Crippen molar-refractivity contribution in [2.45, 2.75) is 58.5 Å². The number of carbonyl (C=O) groups excluding carboxylic acids is 2. The Bertz CT molecular complexity index is 347. The monoisotopic (exact) mass is 313 g/mol. The average molecular weight is 313 g/mol. The van der Waals surface area contributed by atoms with Crippen LogP contribution in [-0.4, -0.2) is 43.8 Å². The number of hydrogen-bond donors (Lipinski definition) is 3. The fourth-order valence-electron chi connectivity index (χ4n) is 2.34. The SMILES string of the molecule is CC(C)(C)OC(=O)NCCCCCCNC(=O)C1CCNC1. The Morgan fingerprint density at radius 1 is 1.09 bits per heavy atom. The predicted octanol–water partition coefficient (Wildman–Crippen LogP) is 1.80. The smallest absolute Gasteiger partial charge is 0.407 e. The van der Waals surface area contributed by atoms with Crippen LogP contribution in [-0.2, 0) is 9.53 Å². The zero-order valence-electron chi connectivity index (χ0n) is 14.2. The zero-order chi connectivity index (χ0) is 16.4. The first-order chi connectivity index (χ1) is 10.4. The van der Waals surface area contributed by atoms with Gasteiger partial charge in [0.25, 0.3) is 0 Å². The summed E-state index contributed by atoms with van der Waals surface area (Å²) in [6, 6.07) is 0. The average Bonchev–Trinajstić information content (AvgIpc) is 2.93. The quantitative estimate of drug-likeness (QED) is 0.597. The Morgan fingerprint density at radius 2 is 1.73 bits per heavy atom. The third kappa shape index (κ3) is 8.87. The number of ether oxygens (including phenoxy) is 1. The molecular formula is C16H31N3O3. The molecule has 6 heteroatoms. The number of unbranched alkanes of at least 4 members (excludes halogenated alkanes) is 3. The molecule has 0 aromatic carbocycles. The van der Waals surface area contributed by atoms with E-state index >= 15 is 0 Å². The Balaban J connectivity index is 1.89. The van der Waals surface area contributed by atoms with Crippen molar-refractivity contribution >= 4 is 12.0 Å². The summed E-state index contributed by atoms with van der Waals surface area (Å²) >= 11 is 0. The Morgan fingerprint density at radius 3 is 2.27 bits per heavy atom. The highest BCUT2D eigenvalue weighted by Crippen LogP contribution is 2.08. The lowest BCUT2D eigenvalue weighted by Crippen LogP contribution is -2.33. The van der Waals surface area contributed by atoms with Crippen LogP contribution in [0, 0.1) is 5.92 Å². The molecule has 1 saturated heterocycles. The summed E-state index contributed by atoms with van der Waals surface area (Å²) in [5, 5.41) is 8.93. The number of hydrogen-bond acceptors (Lipinski definition) is 4. The van der Waals surface area contributed by atoms with Crippen molar-refractivity contribution in [1.29, 1.82) is 0 Å². The fourth-order valence-corrected chi connectivity index (χ4v) is 2.34. The molecule has 1 aliphatic rings. The van der Waals surface area contributed by atoms with Gasteiger partial charge in [0.05, 0.1) is 5.92 Å². The second-order valence-electron chi connectivity index (χ2n) is 6.82. The molecule has 0 radical (unpaired) electrons. The summed E-state index contributed by atoms with van der Waals surface area (Å²) in [6.07, 6.45) is 4.60. The maximum atomic E-state index is 11.8. The number of nitrogens with one attached hydrogen (secondary N) is 3. The van der Waals surface area contributed by atoms with E-state index in [9.17, 15) is 9.59 Å². The van der Waals surface area contributed by atoms with Crippen molar-refractivity contribution < 1.29 is 14.3 Å². The van der Waals surface area contributed by atoms with Crippen molar-refractivity contribution in [2.24, 2.45) is 5.92 Å². The molecule has 0 aromatic heterocycles. The van der Waals surface area contributed by atoms with Gasteiger partial charge in [-0.15, -0.1) is 0 Å². The van der Waals surface area contributed by atoms with E-state index in [1.54, 1.807) is 0 Å². The van der Waals surface area contributed by atoms with Gasteiger partial charge in [-0.1, -0.05) is 12.8 Å². The Labute approximate surface area is 133 Å². The van der Waals surface area contributed by atoms with Crippen LogP contribution in [0.1, 0.15) is 52.9 Å². The molecule has 1 rings (SSSR count). The number of carbonyl (C=O) groups is 2. The van der Waals surface area contributed by atoms with Crippen molar-refractivity contribution in [2.75, 3.05) is 26.2 Å². The first kappa shape index (κ1) is 18.7. The largest absolute Gasteiger partial charge is 0.444 e. The van der Waals surface area contributed by atoms with E-state index in [1.807, 2.05) is 20.8 Å². The van der Waals surface area contributed by atoms with E-state index in [0.29, 0.717) is 6.54 Å². The maximum absolute atomic E-state index is 11.8. The van der Waals surface area contributed by atoms with Gasteiger partial charge < -0.3 is 20.7 Å². The second kappa shape index (κ2) is 9.66. The van der Waals surface area contributed by atoms with Crippen LogP contribution in [0.25, 0.3) is 0 Å². The van der Waals surface area contributed by atoms with Crippen LogP contribution < -0.4 is 16.0 Å². The third-order valence-electron chi connectivity index (χ3n) is 3.50. The zero-order valence-corrected chi connectivity index (χ0v) is 14.2. The molecule has 3 N–H and O–H groups in total. The van der Waals surface area contributed by atoms with E-state index in [4.69, 9.17) is 4.74 Å². The van der Waals surface area contributed by atoms with Crippen molar-refractivity contribution in [3.05, 3.63) is 0 Å². The molecule has 0 bridgehead atoms. The molecule has 1 aliphatic heterocycles. The second-order valence-corrected chi connectivity index (χ2v) is 6.82. The molecule has 6 nitrogen and oxygen atoms in total. The normalized spacial score (nSPS) is 18.0. The summed E-state index contributed by atoms with van der Waals surface area (Å²) in [5.74, 6) is 0.328. The standard InChI is InChI=1S/C16H31N3O3/c1-16(2,3)22-15(21)19-10-7-5-4-6-9-18-14(20)13-8-11-17-12-13/h13,17H,4-12H2,1-3H3,(H,18,20)(H,19,21). The summed E-state index contributed by atoms with van der Waals surface area (Å²) in [4.78, 5) is 23.2. The van der Waals surface area contributed by atoms with E-state index in [1.165, 1.54) is 0 Å². The lowest BCUT2D eigenvalue weighted by molar-refractivity contribution is -0.124. The molecule has 22 heavy (non-hydrogen) atoms. The molecule has 1 heterocycles. The molecule has 2 amide bonds. The highest BCUT2D eigenvalue weighted by Gasteiger charge is 2.21. The minimum atomic E-state index is -0.447. The van der Waals surface area contributed by atoms with Crippen molar-refractivity contribution in [1.82, 2.24) is 16.0 Å². The fraction of sp³-hybridized carbons (Fsp3) is 0.875. The van der Waals surface area contributed by atoms with Crippen LogP contribution in [0.15, 0.2) is 0 Å². The highest BCUT2D eigenvalue weighted by molar-refractivity contribution is 5.79. The maximum Gasteiger partial charge on any atom is 0.407 e. The van der Waals surface area contributed by atoms with E-state index in [0.717, 1.165) is 51.7 Å². The van der Waals surface area contributed by atoms with Crippen LogP contribution in [0.4, 0.5) is 4.79 Å². The van der Waals surface area contributed by atoms with E-state index in [2.05, 4.69) is 16.0 Å². The van der Waals surface area contributed by atoms with Crippen LogP contribution in [0.3, 0.4) is 0 Å². The molecule has 0 aliphatic carbocycles. The molecule has 0 aromatic rings. The molecule has 128 valence electrons. The van der Waals surface area contributed by atoms with E-state index in [-0.39, 0.29) is 17.9 Å². The topological polar surface area (TPSA) is 79.5 Å².